The van der Waals surface area contributed by atoms with Crippen LogP contribution < -0.4 is 5.43 Å². The Bertz CT molecular complexity index is 1060. The molecule has 0 aliphatic carbocycles. The Morgan fingerprint density at radius 3 is 2.13 bits per heavy atom. The summed E-state index contributed by atoms with van der Waals surface area (Å²) in [7, 11) is 0. The Labute approximate surface area is 183 Å². The summed E-state index contributed by atoms with van der Waals surface area (Å²) in [5.74, 6) is -1.27. The summed E-state index contributed by atoms with van der Waals surface area (Å²) in [6.45, 7) is 0. The van der Waals surface area contributed by atoms with Gasteiger partial charge in [-0.2, -0.15) is 5.01 Å². The standard InChI is InChI=1S/C23H17N3O2S2/c27-21(20(16-9-3-1-4-10-16)17-11-5-2-6-12-17)25-26-22(28)19(30-23(26)29)15-18-13-7-8-14-24-18/h1-15,20H,(H,25,27). The summed E-state index contributed by atoms with van der Waals surface area (Å²) in [6, 6.07) is 24.3. The molecular weight excluding hydrogens is 414 g/mol. The van der Waals surface area contributed by atoms with Crippen molar-refractivity contribution in [1.29, 1.82) is 0 Å². The topological polar surface area (TPSA) is 62.3 Å². The van der Waals surface area contributed by atoms with Crippen molar-refractivity contribution in [2.24, 2.45) is 0 Å². The van der Waals surface area contributed by atoms with Crippen molar-refractivity contribution < 1.29 is 9.59 Å². The van der Waals surface area contributed by atoms with Crippen LogP contribution in [0.2, 0.25) is 0 Å². The highest BCUT2D eigenvalue weighted by Gasteiger charge is 2.35. The number of thiocarbonyl (C=S) groups is 1. The van der Waals surface area contributed by atoms with E-state index in [4.69, 9.17) is 12.2 Å². The maximum absolute atomic E-state index is 13.3. The minimum atomic E-state index is -0.572. The van der Waals surface area contributed by atoms with Gasteiger partial charge in [0, 0.05) is 6.20 Å². The number of hydrazine groups is 1. The summed E-state index contributed by atoms with van der Waals surface area (Å²) >= 11 is 6.48. The summed E-state index contributed by atoms with van der Waals surface area (Å²) < 4.78 is 0.274. The van der Waals surface area contributed by atoms with Gasteiger partial charge in [0.15, 0.2) is 4.32 Å². The summed E-state index contributed by atoms with van der Waals surface area (Å²) in [4.78, 5) is 30.7. The number of pyridine rings is 1. The van der Waals surface area contributed by atoms with Crippen molar-refractivity contribution >= 4 is 46.2 Å². The highest BCUT2D eigenvalue weighted by Crippen LogP contribution is 2.32. The fourth-order valence-corrected chi connectivity index (χ4v) is 4.28. The minimum Gasteiger partial charge on any atom is -0.272 e. The average Bonchev–Trinajstić information content (AvgIpc) is 3.03. The Kier molecular flexibility index (Phi) is 6.02. The quantitative estimate of drug-likeness (QED) is 0.486. The first-order chi connectivity index (χ1) is 14.6. The van der Waals surface area contributed by atoms with Crippen LogP contribution >= 0.6 is 24.0 Å². The lowest BCUT2D eigenvalue weighted by Crippen LogP contribution is -2.46. The number of benzene rings is 2. The first-order valence-electron chi connectivity index (χ1n) is 9.23. The van der Waals surface area contributed by atoms with Crippen LogP contribution in [0.25, 0.3) is 6.08 Å². The molecule has 1 saturated heterocycles. The molecule has 148 valence electrons. The third-order valence-corrected chi connectivity index (χ3v) is 5.81. The van der Waals surface area contributed by atoms with Crippen LogP contribution in [0.4, 0.5) is 0 Å². The Hall–Kier alpha value is -3.29. The van der Waals surface area contributed by atoms with Gasteiger partial charge in [-0.15, -0.1) is 0 Å². The van der Waals surface area contributed by atoms with Gasteiger partial charge >= 0.3 is 0 Å². The first-order valence-corrected chi connectivity index (χ1v) is 10.5. The third-order valence-electron chi connectivity index (χ3n) is 4.51. The van der Waals surface area contributed by atoms with Gasteiger partial charge in [0.05, 0.1) is 16.5 Å². The fraction of sp³-hybridized carbons (Fsp3) is 0.0435. The van der Waals surface area contributed by atoms with Crippen molar-refractivity contribution in [2.75, 3.05) is 0 Å². The predicted molar refractivity (Wildman–Crippen MR) is 122 cm³/mol. The van der Waals surface area contributed by atoms with E-state index in [1.807, 2.05) is 66.7 Å². The number of carbonyl (C=O) groups excluding carboxylic acids is 2. The molecule has 0 saturated carbocycles. The van der Waals surface area contributed by atoms with E-state index in [-0.39, 0.29) is 16.1 Å². The SMILES string of the molecule is O=C(NN1C(=O)C(=Cc2ccccn2)SC1=S)C(c1ccccc1)c1ccccc1. The molecule has 1 fully saturated rings. The highest BCUT2D eigenvalue weighted by atomic mass is 32.2. The number of nitrogens with zero attached hydrogens (tertiary/aromatic N) is 2. The van der Waals surface area contributed by atoms with Gasteiger partial charge in [-0.25, -0.2) is 0 Å². The van der Waals surface area contributed by atoms with Gasteiger partial charge in [-0.1, -0.05) is 78.5 Å². The summed E-state index contributed by atoms with van der Waals surface area (Å²) in [5, 5.41) is 1.13. The molecule has 5 nitrogen and oxygen atoms in total. The molecule has 1 aliphatic heterocycles. The molecule has 2 amide bonds. The number of aromatic nitrogens is 1. The van der Waals surface area contributed by atoms with E-state index in [2.05, 4.69) is 10.4 Å². The molecule has 2 aromatic carbocycles. The molecule has 3 aromatic rings. The molecule has 0 bridgehead atoms. The number of rotatable bonds is 5. The van der Waals surface area contributed by atoms with Gasteiger partial charge in [0.1, 0.15) is 0 Å². The van der Waals surface area contributed by atoms with Gasteiger partial charge in [-0.3, -0.25) is 20.0 Å². The number of hydrogen-bond donors (Lipinski definition) is 1. The fourth-order valence-electron chi connectivity index (χ4n) is 3.12. The van der Waals surface area contributed by atoms with Crippen LogP contribution in [0, 0.1) is 0 Å². The molecule has 30 heavy (non-hydrogen) atoms. The second kappa shape index (κ2) is 9.02. The second-order valence-corrected chi connectivity index (χ2v) is 8.18. The zero-order valence-electron chi connectivity index (χ0n) is 15.8. The van der Waals surface area contributed by atoms with E-state index >= 15 is 0 Å². The minimum absolute atomic E-state index is 0.274. The molecule has 4 rings (SSSR count). The number of amides is 2. The van der Waals surface area contributed by atoms with Crippen molar-refractivity contribution in [3.8, 4) is 0 Å². The normalized spacial score (nSPS) is 15.1. The Balaban J connectivity index is 1.59. The second-order valence-electron chi connectivity index (χ2n) is 6.50. The predicted octanol–water partition coefficient (Wildman–Crippen LogP) is 4.15. The van der Waals surface area contributed by atoms with Crippen LogP contribution in [-0.2, 0) is 9.59 Å². The average molecular weight is 432 g/mol. The van der Waals surface area contributed by atoms with Gasteiger partial charge in [0.25, 0.3) is 11.8 Å². The smallest absolute Gasteiger partial charge is 0.272 e. The van der Waals surface area contributed by atoms with E-state index in [0.717, 1.165) is 27.9 Å². The van der Waals surface area contributed by atoms with Crippen LogP contribution in [-0.4, -0.2) is 26.1 Å². The molecule has 1 N–H and O–H groups in total. The lowest BCUT2D eigenvalue weighted by molar-refractivity contribution is -0.133. The number of nitrogens with one attached hydrogen (secondary N) is 1. The van der Waals surface area contributed by atoms with E-state index < -0.39 is 5.92 Å². The molecule has 7 heteroatoms. The van der Waals surface area contributed by atoms with Crippen LogP contribution in [0.1, 0.15) is 22.7 Å². The van der Waals surface area contributed by atoms with Crippen molar-refractivity contribution in [2.45, 2.75) is 5.92 Å². The van der Waals surface area contributed by atoms with E-state index in [9.17, 15) is 9.59 Å². The van der Waals surface area contributed by atoms with E-state index in [0.29, 0.717) is 10.6 Å². The Morgan fingerprint density at radius 1 is 0.967 bits per heavy atom. The largest absolute Gasteiger partial charge is 0.285 e. The van der Waals surface area contributed by atoms with Crippen molar-refractivity contribution in [3.05, 3.63) is 107 Å². The molecular formula is C23H17N3O2S2. The number of carbonyl (C=O) groups is 2. The number of thioether (sulfide) groups is 1. The molecule has 0 spiro atoms. The zero-order chi connectivity index (χ0) is 20.9. The summed E-state index contributed by atoms with van der Waals surface area (Å²) in [5.41, 5.74) is 5.02. The maximum atomic E-state index is 13.3. The van der Waals surface area contributed by atoms with Crippen LogP contribution in [0.15, 0.2) is 90.0 Å². The molecule has 0 radical (unpaired) electrons. The lowest BCUT2D eigenvalue weighted by atomic mass is 9.91. The monoisotopic (exact) mass is 431 g/mol. The Morgan fingerprint density at radius 2 is 1.57 bits per heavy atom. The lowest BCUT2D eigenvalue weighted by Gasteiger charge is -2.22. The molecule has 0 atom stereocenters. The zero-order valence-corrected chi connectivity index (χ0v) is 17.4. The van der Waals surface area contributed by atoms with Gasteiger partial charge < -0.3 is 0 Å². The van der Waals surface area contributed by atoms with E-state index in [1.54, 1.807) is 24.4 Å². The van der Waals surface area contributed by atoms with Crippen molar-refractivity contribution in [3.63, 3.8) is 0 Å². The van der Waals surface area contributed by atoms with Gasteiger partial charge in [-0.05, 0) is 41.6 Å². The maximum Gasteiger partial charge on any atom is 0.285 e. The molecule has 0 unspecified atom stereocenters. The molecule has 2 heterocycles. The molecule has 1 aromatic heterocycles. The van der Waals surface area contributed by atoms with Crippen LogP contribution in [0.5, 0.6) is 0 Å². The van der Waals surface area contributed by atoms with Gasteiger partial charge in [0.2, 0.25) is 0 Å². The summed E-state index contributed by atoms with van der Waals surface area (Å²) in [6.07, 6.45) is 3.32. The van der Waals surface area contributed by atoms with Crippen molar-refractivity contribution in [1.82, 2.24) is 15.4 Å². The first kappa shape index (κ1) is 20.0. The third kappa shape index (κ3) is 4.32. The highest BCUT2D eigenvalue weighted by molar-refractivity contribution is 8.26. The number of hydrogen-bond acceptors (Lipinski definition) is 5. The molecule has 1 aliphatic rings. The van der Waals surface area contributed by atoms with Crippen LogP contribution in [0.3, 0.4) is 0 Å². The van der Waals surface area contributed by atoms with E-state index in [1.165, 1.54) is 0 Å².